The lowest BCUT2D eigenvalue weighted by Crippen LogP contribution is -2.31. The predicted octanol–water partition coefficient (Wildman–Crippen LogP) is 2.37. The third kappa shape index (κ3) is 5.74. The van der Waals surface area contributed by atoms with Crippen molar-refractivity contribution in [3.8, 4) is 0 Å². The Morgan fingerprint density at radius 3 is 2.41 bits per heavy atom. The maximum atomic E-state index is 12.4. The quantitative estimate of drug-likeness (QED) is 0.502. The highest BCUT2D eigenvalue weighted by atomic mass is 32.2. The SMILES string of the molecule is CC(=O)c1ccc(S(=O)(=O)NCCNc2nc(C)cc(N3CCCCC3)n2)cc1. The molecular formula is C20H27N5O3S. The highest BCUT2D eigenvalue weighted by Crippen LogP contribution is 2.19. The van der Waals surface area contributed by atoms with Gasteiger partial charge in [-0.2, -0.15) is 4.98 Å². The number of aromatic nitrogens is 2. The Hall–Kier alpha value is -2.52. The van der Waals surface area contributed by atoms with Crippen LogP contribution in [0.25, 0.3) is 0 Å². The minimum Gasteiger partial charge on any atom is -0.356 e. The second-order valence-electron chi connectivity index (χ2n) is 7.14. The molecule has 0 atom stereocenters. The van der Waals surface area contributed by atoms with E-state index in [1.54, 1.807) is 0 Å². The number of carbonyl (C=O) groups excluding carboxylic acids is 1. The molecule has 29 heavy (non-hydrogen) atoms. The molecule has 0 bridgehead atoms. The maximum Gasteiger partial charge on any atom is 0.240 e. The van der Waals surface area contributed by atoms with E-state index in [2.05, 4.69) is 24.9 Å². The fourth-order valence-corrected chi connectivity index (χ4v) is 4.26. The molecule has 0 aliphatic carbocycles. The summed E-state index contributed by atoms with van der Waals surface area (Å²) in [4.78, 5) is 22.7. The van der Waals surface area contributed by atoms with Crippen molar-refractivity contribution in [3.05, 3.63) is 41.6 Å². The summed E-state index contributed by atoms with van der Waals surface area (Å²) in [5.74, 6) is 1.30. The summed E-state index contributed by atoms with van der Waals surface area (Å²) in [6, 6.07) is 7.86. The van der Waals surface area contributed by atoms with Crippen molar-refractivity contribution in [2.75, 3.05) is 36.4 Å². The van der Waals surface area contributed by atoms with Gasteiger partial charge in [0, 0.05) is 43.5 Å². The number of hydrogen-bond donors (Lipinski definition) is 2. The van der Waals surface area contributed by atoms with Crippen LogP contribution >= 0.6 is 0 Å². The number of carbonyl (C=O) groups is 1. The van der Waals surface area contributed by atoms with E-state index < -0.39 is 10.0 Å². The Labute approximate surface area is 171 Å². The fraction of sp³-hybridized carbons (Fsp3) is 0.450. The highest BCUT2D eigenvalue weighted by molar-refractivity contribution is 7.89. The largest absolute Gasteiger partial charge is 0.356 e. The standard InChI is InChI=1S/C20H27N5O3S/c1-15-14-19(25-12-4-3-5-13-25)24-20(23-15)21-10-11-22-29(27,28)18-8-6-17(7-9-18)16(2)26/h6-9,14,22H,3-5,10-13H2,1-2H3,(H,21,23,24). The molecule has 0 spiro atoms. The van der Waals surface area contributed by atoms with Gasteiger partial charge in [-0.05, 0) is 45.2 Å². The molecule has 0 radical (unpaired) electrons. The Morgan fingerprint density at radius 2 is 1.76 bits per heavy atom. The zero-order valence-corrected chi connectivity index (χ0v) is 17.6. The van der Waals surface area contributed by atoms with E-state index >= 15 is 0 Å². The molecular weight excluding hydrogens is 390 g/mol. The molecule has 1 fully saturated rings. The molecule has 2 N–H and O–H groups in total. The van der Waals surface area contributed by atoms with E-state index in [0.29, 0.717) is 18.1 Å². The van der Waals surface area contributed by atoms with Gasteiger partial charge in [-0.1, -0.05) is 12.1 Å². The normalized spacial score (nSPS) is 14.6. The van der Waals surface area contributed by atoms with Crippen molar-refractivity contribution in [2.24, 2.45) is 0 Å². The first kappa shape index (κ1) is 21.2. The molecule has 8 nitrogen and oxygen atoms in total. The van der Waals surface area contributed by atoms with E-state index in [1.807, 2.05) is 13.0 Å². The van der Waals surface area contributed by atoms with Gasteiger partial charge in [0.2, 0.25) is 16.0 Å². The van der Waals surface area contributed by atoms with Crippen LogP contribution in [0.4, 0.5) is 11.8 Å². The number of anilines is 2. The highest BCUT2D eigenvalue weighted by Gasteiger charge is 2.15. The Balaban J connectivity index is 1.55. The van der Waals surface area contributed by atoms with E-state index in [1.165, 1.54) is 50.5 Å². The summed E-state index contributed by atoms with van der Waals surface area (Å²) in [6.45, 7) is 5.90. The lowest BCUT2D eigenvalue weighted by molar-refractivity contribution is 0.101. The van der Waals surface area contributed by atoms with Crippen LogP contribution in [0.3, 0.4) is 0 Å². The van der Waals surface area contributed by atoms with Crippen molar-refractivity contribution >= 4 is 27.6 Å². The number of sulfonamides is 1. The first-order valence-corrected chi connectivity index (χ1v) is 11.3. The number of aryl methyl sites for hydroxylation is 1. The Bertz CT molecular complexity index is 955. The van der Waals surface area contributed by atoms with Gasteiger partial charge < -0.3 is 10.2 Å². The lowest BCUT2D eigenvalue weighted by atomic mass is 10.1. The molecule has 2 heterocycles. The summed E-state index contributed by atoms with van der Waals surface area (Å²) in [5.41, 5.74) is 1.35. The number of ketones is 1. The lowest BCUT2D eigenvalue weighted by Gasteiger charge is -2.28. The van der Waals surface area contributed by atoms with Crippen LogP contribution in [-0.4, -0.2) is 50.3 Å². The molecule has 1 aromatic carbocycles. The van der Waals surface area contributed by atoms with E-state index in [4.69, 9.17) is 0 Å². The molecule has 2 aromatic rings. The second kappa shape index (κ2) is 9.32. The molecule has 1 aromatic heterocycles. The molecule has 0 saturated carbocycles. The zero-order chi connectivity index (χ0) is 20.9. The third-order valence-corrected chi connectivity index (χ3v) is 6.27. The van der Waals surface area contributed by atoms with Gasteiger partial charge in [0.05, 0.1) is 4.90 Å². The van der Waals surface area contributed by atoms with Crippen molar-refractivity contribution in [1.82, 2.24) is 14.7 Å². The number of piperidine rings is 1. The molecule has 1 aliphatic rings. The maximum absolute atomic E-state index is 12.4. The summed E-state index contributed by atoms with van der Waals surface area (Å²) >= 11 is 0. The van der Waals surface area contributed by atoms with Crippen LogP contribution in [0.2, 0.25) is 0 Å². The summed E-state index contributed by atoms with van der Waals surface area (Å²) in [7, 11) is -3.64. The summed E-state index contributed by atoms with van der Waals surface area (Å²) in [6.07, 6.45) is 3.59. The Morgan fingerprint density at radius 1 is 1.07 bits per heavy atom. The monoisotopic (exact) mass is 417 g/mol. The topological polar surface area (TPSA) is 104 Å². The van der Waals surface area contributed by atoms with Gasteiger partial charge in [-0.3, -0.25) is 4.79 Å². The molecule has 156 valence electrons. The number of rotatable bonds is 8. The van der Waals surface area contributed by atoms with Gasteiger partial charge in [0.1, 0.15) is 5.82 Å². The minimum atomic E-state index is -3.64. The van der Waals surface area contributed by atoms with Gasteiger partial charge in [-0.15, -0.1) is 0 Å². The average Bonchev–Trinajstić information content (AvgIpc) is 2.71. The molecule has 0 amide bonds. The zero-order valence-electron chi connectivity index (χ0n) is 16.8. The van der Waals surface area contributed by atoms with Crippen LogP contribution in [0, 0.1) is 6.92 Å². The Kier molecular flexibility index (Phi) is 6.81. The molecule has 9 heteroatoms. The minimum absolute atomic E-state index is 0.104. The number of benzene rings is 1. The van der Waals surface area contributed by atoms with E-state index in [9.17, 15) is 13.2 Å². The van der Waals surface area contributed by atoms with Crippen molar-refractivity contribution in [3.63, 3.8) is 0 Å². The van der Waals surface area contributed by atoms with Crippen LogP contribution in [0.5, 0.6) is 0 Å². The molecule has 1 aliphatic heterocycles. The van der Waals surface area contributed by atoms with E-state index in [0.717, 1.165) is 24.6 Å². The number of hydrogen-bond acceptors (Lipinski definition) is 7. The molecule has 3 rings (SSSR count). The van der Waals surface area contributed by atoms with E-state index in [-0.39, 0.29) is 17.2 Å². The first-order valence-electron chi connectivity index (χ1n) is 9.80. The molecule has 0 unspecified atom stereocenters. The van der Waals surface area contributed by atoms with Crippen molar-refractivity contribution in [2.45, 2.75) is 38.0 Å². The van der Waals surface area contributed by atoms with Crippen molar-refractivity contribution in [1.29, 1.82) is 0 Å². The number of Topliss-reactive ketones (excluding diaryl/α,β-unsaturated/α-hetero) is 1. The third-order valence-electron chi connectivity index (χ3n) is 4.79. The van der Waals surface area contributed by atoms with Crippen LogP contribution in [-0.2, 0) is 10.0 Å². The average molecular weight is 418 g/mol. The van der Waals surface area contributed by atoms with Crippen LogP contribution in [0.15, 0.2) is 35.2 Å². The van der Waals surface area contributed by atoms with Gasteiger partial charge in [-0.25, -0.2) is 18.1 Å². The van der Waals surface area contributed by atoms with Gasteiger partial charge in [0.25, 0.3) is 0 Å². The smallest absolute Gasteiger partial charge is 0.240 e. The molecule has 1 saturated heterocycles. The second-order valence-corrected chi connectivity index (χ2v) is 8.91. The first-order chi connectivity index (χ1) is 13.8. The summed E-state index contributed by atoms with van der Waals surface area (Å²) in [5, 5.41) is 3.09. The van der Waals surface area contributed by atoms with Crippen LogP contribution in [0.1, 0.15) is 42.2 Å². The van der Waals surface area contributed by atoms with Gasteiger partial charge in [0.15, 0.2) is 5.78 Å². The fourth-order valence-electron chi connectivity index (χ4n) is 3.23. The number of nitrogens with zero attached hydrogens (tertiary/aromatic N) is 3. The van der Waals surface area contributed by atoms with Crippen molar-refractivity contribution < 1.29 is 13.2 Å². The van der Waals surface area contributed by atoms with Gasteiger partial charge >= 0.3 is 0 Å². The predicted molar refractivity (Wildman–Crippen MR) is 113 cm³/mol. The summed E-state index contributed by atoms with van der Waals surface area (Å²) < 4.78 is 27.3. The number of nitrogens with one attached hydrogen (secondary N) is 2. The van der Waals surface area contributed by atoms with Crippen LogP contribution < -0.4 is 14.9 Å².